The van der Waals surface area contributed by atoms with Crippen LogP contribution >= 0.6 is 11.3 Å². The van der Waals surface area contributed by atoms with Crippen molar-refractivity contribution in [3.05, 3.63) is 41.1 Å². The van der Waals surface area contributed by atoms with Crippen LogP contribution in [0.25, 0.3) is 0 Å². The second-order valence-electron chi connectivity index (χ2n) is 7.59. The number of thiophene rings is 1. The summed E-state index contributed by atoms with van der Waals surface area (Å²) in [6.07, 6.45) is 9.07. The van der Waals surface area contributed by atoms with Crippen molar-refractivity contribution < 1.29 is 4.79 Å². The van der Waals surface area contributed by atoms with Gasteiger partial charge in [-0.1, -0.05) is 6.07 Å². The molecule has 0 unspecified atom stereocenters. The quantitative estimate of drug-likeness (QED) is 0.847. The van der Waals surface area contributed by atoms with Gasteiger partial charge in [-0.15, -0.1) is 11.3 Å². The number of rotatable bonds is 6. The minimum absolute atomic E-state index is 0.0971. The summed E-state index contributed by atoms with van der Waals surface area (Å²) < 4.78 is 2.12. The van der Waals surface area contributed by atoms with Gasteiger partial charge in [0.1, 0.15) is 0 Å². The lowest BCUT2D eigenvalue weighted by molar-refractivity contribution is 0.194. The van der Waals surface area contributed by atoms with Crippen LogP contribution < -0.4 is 5.32 Å². The van der Waals surface area contributed by atoms with Gasteiger partial charge in [-0.2, -0.15) is 0 Å². The number of carbonyl (C=O) groups is 1. The van der Waals surface area contributed by atoms with Gasteiger partial charge in [-0.05, 0) is 30.7 Å². The van der Waals surface area contributed by atoms with Gasteiger partial charge in [0.2, 0.25) is 0 Å². The number of urea groups is 1. The predicted molar refractivity (Wildman–Crippen MR) is 103 cm³/mol. The van der Waals surface area contributed by atoms with Crippen LogP contribution in [0.4, 0.5) is 4.79 Å². The third-order valence-electron chi connectivity index (χ3n) is 5.48. The molecule has 0 aromatic carbocycles. The SMILES string of the molecule is O=C(NCC1(Cn2ccnc2)CC1)N1CCCN(Cc2cccs2)CC1. The maximum atomic E-state index is 12.6. The van der Waals surface area contributed by atoms with Crippen LogP contribution in [0, 0.1) is 5.41 Å². The van der Waals surface area contributed by atoms with E-state index in [2.05, 4.69) is 37.3 Å². The van der Waals surface area contributed by atoms with E-state index in [1.807, 2.05) is 35.0 Å². The van der Waals surface area contributed by atoms with E-state index in [9.17, 15) is 4.79 Å². The van der Waals surface area contributed by atoms with E-state index in [4.69, 9.17) is 0 Å². The molecule has 1 saturated carbocycles. The van der Waals surface area contributed by atoms with Crippen LogP contribution in [-0.2, 0) is 13.1 Å². The van der Waals surface area contributed by atoms with E-state index < -0.39 is 0 Å². The van der Waals surface area contributed by atoms with Gasteiger partial charge < -0.3 is 14.8 Å². The Morgan fingerprint density at radius 2 is 2.19 bits per heavy atom. The van der Waals surface area contributed by atoms with Crippen molar-refractivity contribution >= 4 is 17.4 Å². The molecule has 2 amide bonds. The van der Waals surface area contributed by atoms with E-state index in [1.165, 1.54) is 17.7 Å². The summed E-state index contributed by atoms with van der Waals surface area (Å²) in [4.78, 5) is 22.6. The van der Waals surface area contributed by atoms with E-state index in [1.54, 1.807) is 0 Å². The van der Waals surface area contributed by atoms with E-state index in [-0.39, 0.29) is 11.4 Å². The molecule has 0 spiro atoms. The van der Waals surface area contributed by atoms with Crippen molar-refractivity contribution in [2.24, 2.45) is 5.41 Å². The van der Waals surface area contributed by atoms with Crippen LogP contribution in [0.5, 0.6) is 0 Å². The summed E-state index contributed by atoms with van der Waals surface area (Å²) in [5.41, 5.74) is 0.230. The number of amides is 2. The molecule has 3 heterocycles. The minimum Gasteiger partial charge on any atom is -0.337 e. The fraction of sp³-hybridized carbons (Fsp3) is 0.579. The lowest BCUT2D eigenvalue weighted by atomic mass is 10.1. The zero-order chi connectivity index (χ0) is 17.8. The van der Waals surface area contributed by atoms with Crippen LogP contribution in [0.2, 0.25) is 0 Å². The molecule has 0 radical (unpaired) electrons. The lowest BCUT2D eigenvalue weighted by Crippen LogP contribution is -2.44. The summed E-state index contributed by atoms with van der Waals surface area (Å²) in [6, 6.07) is 4.39. The second kappa shape index (κ2) is 7.80. The van der Waals surface area contributed by atoms with Gasteiger partial charge in [0.05, 0.1) is 6.33 Å². The maximum Gasteiger partial charge on any atom is 0.317 e. The first-order valence-electron chi connectivity index (χ1n) is 9.46. The Bertz CT molecular complexity index is 696. The second-order valence-corrected chi connectivity index (χ2v) is 8.62. The summed E-state index contributed by atoms with van der Waals surface area (Å²) in [5.74, 6) is 0. The number of imidazole rings is 1. The van der Waals surface area contributed by atoms with Crippen LogP contribution in [-0.4, -0.2) is 58.1 Å². The van der Waals surface area contributed by atoms with Crippen molar-refractivity contribution in [2.45, 2.75) is 32.4 Å². The Morgan fingerprint density at radius 3 is 2.92 bits per heavy atom. The van der Waals surface area contributed by atoms with Crippen LogP contribution in [0.15, 0.2) is 36.2 Å². The maximum absolute atomic E-state index is 12.6. The third kappa shape index (κ3) is 4.45. The molecule has 4 rings (SSSR count). The standard InChI is InChI=1S/C19H27N5OS/c25-18(21-14-19(4-5-19)15-23-9-6-20-16-23)24-8-2-7-22(10-11-24)13-17-3-1-12-26-17/h1,3,6,9,12,16H,2,4-5,7-8,10-11,13-15H2,(H,21,25). The molecular weight excluding hydrogens is 346 g/mol. The van der Waals surface area contributed by atoms with E-state index >= 15 is 0 Å². The summed E-state index contributed by atoms with van der Waals surface area (Å²) in [5, 5.41) is 5.32. The van der Waals surface area contributed by atoms with Gasteiger partial charge in [0, 0.05) is 68.5 Å². The van der Waals surface area contributed by atoms with E-state index in [0.29, 0.717) is 0 Å². The summed E-state index contributed by atoms with van der Waals surface area (Å²) in [7, 11) is 0. The number of carbonyl (C=O) groups excluding carboxylic acids is 1. The Morgan fingerprint density at radius 1 is 1.27 bits per heavy atom. The molecule has 1 saturated heterocycles. The Balaban J connectivity index is 1.23. The number of nitrogens with one attached hydrogen (secondary N) is 1. The monoisotopic (exact) mass is 373 g/mol. The van der Waals surface area contributed by atoms with Crippen molar-refractivity contribution in [2.75, 3.05) is 32.7 Å². The van der Waals surface area contributed by atoms with Crippen LogP contribution in [0.3, 0.4) is 0 Å². The number of aromatic nitrogens is 2. The zero-order valence-electron chi connectivity index (χ0n) is 15.1. The molecule has 2 aromatic heterocycles. The Labute approximate surface area is 158 Å². The molecule has 2 fully saturated rings. The molecule has 1 aliphatic heterocycles. The molecule has 0 atom stereocenters. The van der Waals surface area contributed by atoms with Crippen molar-refractivity contribution in [1.29, 1.82) is 0 Å². The molecule has 1 aliphatic carbocycles. The molecule has 0 bridgehead atoms. The fourth-order valence-electron chi connectivity index (χ4n) is 3.67. The molecule has 26 heavy (non-hydrogen) atoms. The molecule has 6 nitrogen and oxygen atoms in total. The predicted octanol–water partition coefficient (Wildman–Crippen LogP) is 2.64. The normalized spacial score (nSPS) is 19.9. The first kappa shape index (κ1) is 17.5. The third-order valence-corrected chi connectivity index (χ3v) is 6.35. The van der Waals surface area contributed by atoms with Gasteiger partial charge in [0.25, 0.3) is 0 Å². The Kier molecular flexibility index (Phi) is 5.26. The number of hydrogen-bond donors (Lipinski definition) is 1. The van der Waals surface area contributed by atoms with E-state index in [0.717, 1.165) is 52.2 Å². The van der Waals surface area contributed by atoms with Crippen LogP contribution in [0.1, 0.15) is 24.1 Å². The average Bonchev–Trinajstić information content (AvgIpc) is 3.00. The van der Waals surface area contributed by atoms with Crippen molar-refractivity contribution in [3.63, 3.8) is 0 Å². The van der Waals surface area contributed by atoms with Gasteiger partial charge >= 0.3 is 6.03 Å². The highest BCUT2D eigenvalue weighted by Crippen LogP contribution is 2.46. The highest BCUT2D eigenvalue weighted by Gasteiger charge is 2.43. The van der Waals surface area contributed by atoms with Gasteiger partial charge in [-0.3, -0.25) is 4.90 Å². The zero-order valence-corrected chi connectivity index (χ0v) is 16.0. The van der Waals surface area contributed by atoms with Crippen molar-refractivity contribution in [1.82, 2.24) is 24.7 Å². The molecule has 2 aliphatic rings. The van der Waals surface area contributed by atoms with Gasteiger partial charge in [0.15, 0.2) is 0 Å². The van der Waals surface area contributed by atoms with Gasteiger partial charge in [-0.25, -0.2) is 9.78 Å². The lowest BCUT2D eigenvalue weighted by Gasteiger charge is -2.24. The van der Waals surface area contributed by atoms with Crippen molar-refractivity contribution in [3.8, 4) is 0 Å². The highest BCUT2D eigenvalue weighted by molar-refractivity contribution is 7.09. The molecule has 140 valence electrons. The molecular formula is C19H27N5OS. The minimum atomic E-state index is 0.0971. The Hall–Kier alpha value is -1.86. The average molecular weight is 374 g/mol. The first-order valence-corrected chi connectivity index (χ1v) is 10.3. The number of hydrogen-bond acceptors (Lipinski definition) is 4. The molecule has 2 aromatic rings. The summed E-state index contributed by atoms with van der Waals surface area (Å²) in [6.45, 7) is 6.38. The highest BCUT2D eigenvalue weighted by atomic mass is 32.1. The molecule has 7 heteroatoms. The smallest absolute Gasteiger partial charge is 0.317 e. The summed E-state index contributed by atoms with van der Waals surface area (Å²) >= 11 is 1.81. The first-order chi connectivity index (χ1) is 12.7. The number of nitrogens with zero attached hydrogens (tertiary/aromatic N) is 4. The fourth-order valence-corrected chi connectivity index (χ4v) is 4.41. The molecule has 1 N–H and O–H groups in total. The largest absolute Gasteiger partial charge is 0.337 e. The topological polar surface area (TPSA) is 53.4 Å².